The lowest BCUT2D eigenvalue weighted by atomic mass is 9.79. The topological polar surface area (TPSA) is 18.5 Å². The molecule has 2 fully saturated rings. The highest BCUT2D eigenvalue weighted by atomic mass is 19.3. The van der Waals surface area contributed by atoms with Crippen molar-refractivity contribution in [2.45, 2.75) is 71.0 Å². The first-order valence-corrected chi connectivity index (χ1v) is 9.60. The Bertz CT molecular complexity index is 388. The highest BCUT2D eigenvalue weighted by molar-refractivity contribution is 4.90. The van der Waals surface area contributed by atoms with Crippen molar-refractivity contribution in [1.82, 2.24) is 0 Å². The number of rotatable bonds is 8. The summed E-state index contributed by atoms with van der Waals surface area (Å²) in [6.45, 7) is 3.69. The molecular weight excluding hydrogens is 310 g/mol. The predicted molar refractivity (Wildman–Crippen MR) is 92.8 cm³/mol. The monoisotopic (exact) mass is 342 g/mol. The second-order valence-corrected chi connectivity index (χ2v) is 7.26. The summed E-state index contributed by atoms with van der Waals surface area (Å²) in [6, 6.07) is 0. The molecule has 0 unspecified atom stereocenters. The molecule has 0 atom stereocenters. The molecule has 0 aromatic rings. The lowest BCUT2D eigenvalue weighted by Gasteiger charge is -2.28. The summed E-state index contributed by atoms with van der Waals surface area (Å²) in [5, 5.41) is 0. The molecule has 2 aliphatic rings. The van der Waals surface area contributed by atoms with Crippen molar-refractivity contribution in [3.63, 3.8) is 0 Å². The predicted octanol–water partition coefficient (Wildman–Crippen LogP) is 6.09. The van der Waals surface area contributed by atoms with Crippen molar-refractivity contribution >= 4 is 0 Å². The maximum absolute atomic E-state index is 12.3. The van der Waals surface area contributed by atoms with Gasteiger partial charge in [0.1, 0.15) is 0 Å². The van der Waals surface area contributed by atoms with Crippen LogP contribution in [0.4, 0.5) is 8.78 Å². The van der Waals surface area contributed by atoms with Crippen LogP contribution in [-0.2, 0) is 9.47 Å². The van der Waals surface area contributed by atoms with E-state index in [1.165, 1.54) is 19.3 Å². The first-order chi connectivity index (χ1) is 11.7. The fraction of sp³-hybridized carbons (Fsp3) is 0.800. The molecule has 0 amide bonds. The standard InChI is InChI=1S/C20H32F2O2/c1-2-3-8-20-23-14-18(15-24-20)7-5-4-6-16-9-11-17(12-10-16)13-19(21)22/h3,8,13,16-18,20H,2,4-7,9-12,14-15H2,1H3/b8-3+. The van der Waals surface area contributed by atoms with Gasteiger partial charge in [0.15, 0.2) is 6.29 Å². The zero-order valence-corrected chi connectivity index (χ0v) is 14.9. The van der Waals surface area contributed by atoms with E-state index in [2.05, 4.69) is 13.0 Å². The molecule has 2 rings (SSSR count). The lowest BCUT2D eigenvalue weighted by Crippen LogP contribution is -2.30. The molecule has 0 aromatic carbocycles. The second kappa shape index (κ2) is 11.0. The molecule has 0 spiro atoms. The Kier molecular flexibility index (Phi) is 8.97. The van der Waals surface area contributed by atoms with Gasteiger partial charge in [-0.3, -0.25) is 0 Å². The van der Waals surface area contributed by atoms with Crippen LogP contribution < -0.4 is 0 Å². The largest absolute Gasteiger partial charge is 0.349 e. The molecule has 1 saturated carbocycles. The van der Waals surface area contributed by atoms with Crippen LogP contribution in [0, 0.1) is 17.8 Å². The number of hydrogen-bond donors (Lipinski definition) is 0. The molecular formula is C20H32F2O2. The van der Waals surface area contributed by atoms with E-state index in [0.717, 1.165) is 63.7 Å². The smallest absolute Gasteiger partial charge is 0.266 e. The van der Waals surface area contributed by atoms with Crippen LogP contribution in [0.25, 0.3) is 0 Å². The maximum Gasteiger partial charge on any atom is 0.266 e. The molecule has 1 aliphatic heterocycles. The Balaban J connectivity index is 1.50. The van der Waals surface area contributed by atoms with Crippen LogP contribution in [0.15, 0.2) is 24.3 Å². The van der Waals surface area contributed by atoms with Crippen molar-refractivity contribution in [1.29, 1.82) is 0 Å². The van der Waals surface area contributed by atoms with Crippen molar-refractivity contribution in [3.8, 4) is 0 Å². The average Bonchev–Trinajstić information content (AvgIpc) is 2.59. The van der Waals surface area contributed by atoms with E-state index in [9.17, 15) is 8.78 Å². The van der Waals surface area contributed by atoms with Crippen molar-refractivity contribution in [3.05, 3.63) is 24.3 Å². The van der Waals surface area contributed by atoms with Crippen LogP contribution >= 0.6 is 0 Å². The molecule has 0 N–H and O–H groups in total. The van der Waals surface area contributed by atoms with Gasteiger partial charge in [0.25, 0.3) is 6.08 Å². The fourth-order valence-electron chi connectivity index (χ4n) is 3.77. The summed E-state index contributed by atoms with van der Waals surface area (Å²) in [6.07, 6.45) is 13.5. The SMILES string of the molecule is CC/C=C/C1OCC(CCCCC2CCC(C=C(F)F)CC2)CO1. The molecule has 0 bridgehead atoms. The highest BCUT2D eigenvalue weighted by Gasteiger charge is 2.22. The number of hydrogen-bond acceptors (Lipinski definition) is 2. The number of halogens is 2. The van der Waals surface area contributed by atoms with E-state index < -0.39 is 6.08 Å². The van der Waals surface area contributed by atoms with Crippen LogP contribution in [0.3, 0.4) is 0 Å². The Morgan fingerprint density at radius 3 is 2.17 bits per heavy atom. The van der Waals surface area contributed by atoms with Gasteiger partial charge >= 0.3 is 0 Å². The molecule has 4 heteroatoms. The Hall–Kier alpha value is -0.740. The summed E-state index contributed by atoms with van der Waals surface area (Å²) in [7, 11) is 0. The summed E-state index contributed by atoms with van der Waals surface area (Å²) in [5.74, 6) is 1.36. The van der Waals surface area contributed by atoms with Crippen LogP contribution in [-0.4, -0.2) is 19.5 Å². The molecule has 1 saturated heterocycles. The number of unbranched alkanes of at least 4 members (excludes halogenated alkanes) is 1. The minimum absolute atomic E-state index is 0.109. The minimum atomic E-state index is -1.51. The fourth-order valence-corrected chi connectivity index (χ4v) is 3.77. The Labute approximate surface area is 145 Å². The third-order valence-electron chi connectivity index (χ3n) is 5.25. The van der Waals surface area contributed by atoms with E-state index in [1.54, 1.807) is 0 Å². The van der Waals surface area contributed by atoms with Gasteiger partial charge in [-0.1, -0.05) is 32.3 Å². The van der Waals surface area contributed by atoms with E-state index in [1.807, 2.05) is 6.08 Å². The zero-order valence-electron chi connectivity index (χ0n) is 14.9. The van der Waals surface area contributed by atoms with Gasteiger partial charge in [-0.2, -0.15) is 8.78 Å². The molecule has 2 nitrogen and oxygen atoms in total. The van der Waals surface area contributed by atoms with Gasteiger partial charge in [0.2, 0.25) is 0 Å². The Morgan fingerprint density at radius 2 is 1.58 bits per heavy atom. The first kappa shape index (κ1) is 19.6. The third-order valence-corrected chi connectivity index (χ3v) is 5.25. The van der Waals surface area contributed by atoms with Gasteiger partial charge in [-0.05, 0) is 62.5 Å². The zero-order chi connectivity index (χ0) is 17.2. The van der Waals surface area contributed by atoms with Gasteiger partial charge in [-0.25, -0.2) is 0 Å². The maximum atomic E-state index is 12.3. The highest BCUT2D eigenvalue weighted by Crippen LogP contribution is 2.33. The molecule has 0 radical (unpaired) electrons. The summed E-state index contributed by atoms with van der Waals surface area (Å²) < 4.78 is 35.9. The van der Waals surface area contributed by atoms with Crippen molar-refractivity contribution in [2.75, 3.05) is 13.2 Å². The molecule has 0 aromatic heterocycles. The summed E-state index contributed by atoms with van der Waals surface area (Å²) >= 11 is 0. The van der Waals surface area contributed by atoms with E-state index in [-0.39, 0.29) is 12.2 Å². The van der Waals surface area contributed by atoms with Crippen molar-refractivity contribution in [2.24, 2.45) is 17.8 Å². The summed E-state index contributed by atoms with van der Waals surface area (Å²) in [5.41, 5.74) is 0. The molecule has 24 heavy (non-hydrogen) atoms. The number of allylic oxidation sites excluding steroid dienone is 2. The Morgan fingerprint density at radius 1 is 0.958 bits per heavy atom. The van der Waals surface area contributed by atoms with E-state index >= 15 is 0 Å². The first-order valence-electron chi connectivity index (χ1n) is 9.60. The van der Waals surface area contributed by atoms with Crippen LogP contribution in [0.5, 0.6) is 0 Å². The molecule has 138 valence electrons. The third kappa shape index (κ3) is 7.43. The van der Waals surface area contributed by atoms with Gasteiger partial charge in [-0.15, -0.1) is 0 Å². The van der Waals surface area contributed by atoms with Gasteiger partial charge in [0.05, 0.1) is 13.2 Å². The second-order valence-electron chi connectivity index (χ2n) is 7.26. The van der Waals surface area contributed by atoms with E-state index in [0.29, 0.717) is 5.92 Å². The van der Waals surface area contributed by atoms with Crippen molar-refractivity contribution < 1.29 is 18.3 Å². The quantitative estimate of drug-likeness (QED) is 0.392. The van der Waals surface area contributed by atoms with Gasteiger partial charge < -0.3 is 9.47 Å². The summed E-state index contributed by atoms with van der Waals surface area (Å²) in [4.78, 5) is 0. The average molecular weight is 342 g/mol. The number of ether oxygens (including phenoxy) is 2. The van der Waals surface area contributed by atoms with E-state index in [4.69, 9.17) is 9.47 Å². The van der Waals surface area contributed by atoms with Gasteiger partial charge in [0, 0.05) is 5.92 Å². The lowest BCUT2D eigenvalue weighted by molar-refractivity contribution is -0.175. The van der Waals surface area contributed by atoms with Crippen LogP contribution in [0.1, 0.15) is 64.7 Å². The van der Waals surface area contributed by atoms with Crippen LogP contribution in [0.2, 0.25) is 0 Å². The molecule has 1 heterocycles. The normalized spacial score (nSPS) is 31.3. The minimum Gasteiger partial charge on any atom is -0.349 e. The molecule has 1 aliphatic carbocycles.